The average Bonchev–Trinajstić information content (AvgIpc) is 3.38. The molecule has 9 heteroatoms. The van der Waals surface area contributed by atoms with Gasteiger partial charge in [-0.05, 0) is 73.0 Å². The van der Waals surface area contributed by atoms with Gasteiger partial charge in [0.1, 0.15) is 30.3 Å². The van der Waals surface area contributed by atoms with Gasteiger partial charge in [0, 0.05) is 0 Å². The number of nitrogens with zero attached hydrogens (tertiary/aromatic N) is 1. The minimum absolute atomic E-state index is 0.0946. The fraction of sp³-hybridized carbons (Fsp3) is 0.222. The van der Waals surface area contributed by atoms with Crippen molar-refractivity contribution in [2.45, 2.75) is 20.4 Å². The van der Waals surface area contributed by atoms with Crippen molar-refractivity contribution in [2.75, 3.05) is 20.3 Å². The Hall–Kier alpha value is -4.53. The lowest BCUT2D eigenvalue weighted by Crippen LogP contribution is -2.53. The molecule has 9 nitrogen and oxygen atoms in total. The Morgan fingerprint density at radius 2 is 1.75 bits per heavy atom. The van der Waals surface area contributed by atoms with E-state index in [0.717, 1.165) is 16.2 Å². The highest BCUT2D eigenvalue weighted by molar-refractivity contribution is 6.30. The largest absolute Gasteiger partial charge is 0.493 e. The summed E-state index contributed by atoms with van der Waals surface area (Å²) in [6, 6.07) is 13.4. The Kier molecular flexibility index (Phi) is 7.39. The minimum Gasteiger partial charge on any atom is -0.493 e. The summed E-state index contributed by atoms with van der Waals surface area (Å²) in [6.45, 7) is 4.60. The molecular formula is C27H26N2O7. The van der Waals surface area contributed by atoms with Crippen LogP contribution in [0.1, 0.15) is 22.5 Å². The quantitative estimate of drug-likeness (QED) is 0.274. The fourth-order valence-electron chi connectivity index (χ4n) is 3.57. The zero-order valence-corrected chi connectivity index (χ0v) is 20.2. The lowest BCUT2D eigenvalue weighted by atomic mass is 10.1. The Morgan fingerprint density at radius 1 is 0.944 bits per heavy atom. The molecule has 1 aliphatic heterocycles. The van der Waals surface area contributed by atoms with Crippen molar-refractivity contribution in [3.8, 4) is 17.2 Å². The van der Waals surface area contributed by atoms with Crippen molar-refractivity contribution in [1.29, 1.82) is 0 Å². The topological polar surface area (TPSA) is 107 Å². The van der Waals surface area contributed by atoms with Gasteiger partial charge < -0.3 is 18.6 Å². The molecule has 1 aromatic heterocycles. The van der Waals surface area contributed by atoms with Gasteiger partial charge >= 0.3 is 6.03 Å². The van der Waals surface area contributed by atoms with Gasteiger partial charge in [0.05, 0.1) is 19.9 Å². The van der Waals surface area contributed by atoms with Gasteiger partial charge in [0.15, 0.2) is 11.5 Å². The smallest absolute Gasteiger partial charge is 0.331 e. The number of hydrogen-bond donors (Lipinski definition) is 1. The van der Waals surface area contributed by atoms with Crippen LogP contribution >= 0.6 is 0 Å². The fourth-order valence-corrected chi connectivity index (χ4v) is 3.57. The van der Waals surface area contributed by atoms with Crippen molar-refractivity contribution in [2.24, 2.45) is 0 Å². The SMILES string of the molecule is COc1cc(C=C2C(=O)NC(=O)N(Cc3ccco3)C2=O)ccc1OCCOc1ccc(C)c(C)c1. The third-order valence-corrected chi connectivity index (χ3v) is 5.67. The molecule has 36 heavy (non-hydrogen) atoms. The Labute approximate surface area is 208 Å². The standard InChI is InChI=1S/C27H26N2O7/c1-17-6-8-20(13-18(17)2)35-11-12-36-23-9-7-19(15-24(23)33-3)14-22-25(30)28-27(32)29(26(22)31)16-21-5-4-10-34-21/h4-10,13-15H,11-12,16H2,1-3H3,(H,28,30,32). The number of barbiturate groups is 1. The Morgan fingerprint density at radius 3 is 2.47 bits per heavy atom. The van der Waals surface area contributed by atoms with E-state index in [1.54, 1.807) is 30.3 Å². The minimum atomic E-state index is -0.803. The van der Waals surface area contributed by atoms with Crippen molar-refractivity contribution in [1.82, 2.24) is 10.2 Å². The number of furan rings is 1. The molecule has 0 aliphatic carbocycles. The zero-order chi connectivity index (χ0) is 25.7. The van der Waals surface area contributed by atoms with Crippen molar-refractivity contribution >= 4 is 23.9 Å². The molecule has 4 rings (SSSR count). The number of methoxy groups -OCH3 is 1. The third kappa shape index (κ3) is 5.57. The van der Waals surface area contributed by atoms with Gasteiger partial charge in [0.25, 0.3) is 11.8 Å². The number of benzene rings is 2. The normalized spacial score (nSPS) is 14.7. The van der Waals surface area contributed by atoms with Crippen LogP contribution in [0.5, 0.6) is 17.2 Å². The number of imide groups is 2. The molecule has 2 heterocycles. The van der Waals surface area contributed by atoms with E-state index in [9.17, 15) is 14.4 Å². The first kappa shape index (κ1) is 24.6. The van der Waals surface area contributed by atoms with Gasteiger partial charge in [-0.2, -0.15) is 0 Å². The highest BCUT2D eigenvalue weighted by Gasteiger charge is 2.36. The molecule has 0 saturated carbocycles. The third-order valence-electron chi connectivity index (χ3n) is 5.67. The molecule has 0 unspecified atom stereocenters. The van der Waals surface area contributed by atoms with Crippen LogP contribution in [0.2, 0.25) is 0 Å². The predicted molar refractivity (Wildman–Crippen MR) is 131 cm³/mol. The summed E-state index contributed by atoms with van der Waals surface area (Å²) >= 11 is 0. The molecule has 1 N–H and O–H groups in total. The predicted octanol–water partition coefficient (Wildman–Crippen LogP) is 4.02. The first-order valence-corrected chi connectivity index (χ1v) is 11.3. The van der Waals surface area contributed by atoms with Gasteiger partial charge in [0.2, 0.25) is 0 Å². The van der Waals surface area contributed by atoms with E-state index in [1.165, 1.54) is 25.0 Å². The molecule has 1 saturated heterocycles. The van der Waals surface area contributed by atoms with Crippen LogP contribution in [-0.4, -0.2) is 43.1 Å². The summed E-state index contributed by atoms with van der Waals surface area (Å²) in [5.74, 6) is 0.592. The molecule has 2 aromatic carbocycles. The van der Waals surface area contributed by atoms with Crippen molar-refractivity contribution < 1.29 is 33.0 Å². The number of amides is 4. The van der Waals surface area contributed by atoms with Gasteiger partial charge in [-0.15, -0.1) is 0 Å². The Bertz CT molecular complexity index is 1310. The average molecular weight is 491 g/mol. The molecule has 4 amide bonds. The second kappa shape index (κ2) is 10.8. The van der Waals surface area contributed by atoms with E-state index in [0.29, 0.717) is 29.4 Å². The van der Waals surface area contributed by atoms with E-state index >= 15 is 0 Å². The molecule has 0 spiro atoms. The number of carbonyl (C=O) groups is 3. The van der Waals surface area contributed by atoms with E-state index in [-0.39, 0.29) is 18.7 Å². The van der Waals surface area contributed by atoms with Gasteiger partial charge in [-0.3, -0.25) is 19.8 Å². The van der Waals surface area contributed by atoms with Gasteiger partial charge in [-0.1, -0.05) is 12.1 Å². The molecule has 0 bridgehead atoms. The zero-order valence-electron chi connectivity index (χ0n) is 20.2. The molecule has 186 valence electrons. The number of carbonyl (C=O) groups excluding carboxylic acids is 3. The van der Waals surface area contributed by atoms with Crippen molar-refractivity contribution in [3.05, 3.63) is 82.8 Å². The van der Waals surface area contributed by atoms with Crippen LogP contribution in [0, 0.1) is 13.8 Å². The molecule has 1 aliphatic rings. The maximum atomic E-state index is 12.9. The Balaban J connectivity index is 1.43. The molecule has 0 atom stereocenters. The maximum Gasteiger partial charge on any atom is 0.331 e. The molecule has 3 aromatic rings. The van der Waals surface area contributed by atoms with Gasteiger partial charge in [-0.25, -0.2) is 4.79 Å². The summed E-state index contributed by atoms with van der Waals surface area (Å²) in [7, 11) is 1.49. The van der Waals surface area contributed by atoms with Crippen LogP contribution in [0.25, 0.3) is 6.08 Å². The number of ether oxygens (including phenoxy) is 3. The van der Waals surface area contributed by atoms with E-state index < -0.39 is 17.8 Å². The monoisotopic (exact) mass is 490 g/mol. The lowest BCUT2D eigenvalue weighted by Gasteiger charge is -2.25. The van der Waals surface area contributed by atoms with Crippen molar-refractivity contribution in [3.63, 3.8) is 0 Å². The summed E-state index contributed by atoms with van der Waals surface area (Å²) in [5.41, 5.74) is 2.69. The van der Waals surface area contributed by atoms with Crippen LogP contribution in [0.3, 0.4) is 0 Å². The number of aryl methyl sites for hydroxylation is 2. The first-order valence-electron chi connectivity index (χ1n) is 11.3. The molecule has 0 radical (unpaired) electrons. The summed E-state index contributed by atoms with van der Waals surface area (Å²) in [6.07, 6.45) is 2.84. The van der Waals surface area contributed by atoms with E-state index in [4.69, 9.17) is 18.6 Å². The summed E-state index contributed by atoms with van der Waals surface area (Å²) in [5, 5.41) is 2.18. The second-order valence-electron chi connectivity index (χ2n) is 8.14. The van der Waals surface area contributed by atoms with Crippen LogP contribution in [-0.2, 0) is 16.1 Å². The van der Waals surface area contributed by atoms with Crippen LogP contribution in [0.4, 0.5) is 4.79 Å². The van der Waals surface area contributed by atoms with E-state index in [2.05, 4.69) is 5.32 Å². The second-order valence-corrected chi connectivity index (χ2v) is 8.14. The van der Waals surface area contributed by atoms with E-state index in [1.807, 2.05) is 32.0 Å². The first-order chi connectivity index (χ1) is 17.4. The number of nitrogens with one attached hydrogen (secondary N) is 1. The summed E-state index contributed by atoms with van der Waals surface area (Å²) in [4.78, 5) is 38.4. The number of hydrogen-bond acceptors (Lipinski definition) is 7. The molecular weight excluding hydrogens is 464 g/mol. The number of rotatable bonds is 9. The lowest BCUT2D eigenvalue weighted by molar-refractivity contribution is -0.130. The summed E-state index contributed by atoms with van der Waals surface area (Å²) < 4.78 is 22.2. The molecule has 1 fully saturated rings. The maximum absolute atomic E-state index is 12.9. The number of urea groups is 1. The highest BCUT2D eigenvalue weighted by atomic mass is 16.5. The van der Waals surface area contributed by atoms with Crippen LogP contribution in [0.15, 0.2) is 64.8 Å². The van der Waals surface area contributed by atoms with Crippen LogP contribution < -0.4 is 19.5 Å². The highest BCUT2D eigenvalue weighted by Crippen LogP contribution is 2.29.